The number of hydrogen-bond acceptors (Lipinski definition) is 8. The summed E-state index contributed by atoms with van der Waals surface area (Å²) in [6.45, 7) is 3.17. The third-order valence-corrected chi connectivity index (χ3v) is 4.50. The molecule has 164 valence electrons. The molecule has 10 heteroatoms. The summed E-state index contributed by atoms with van der Waals surface area (Å²) >= 11 is 0. The molecule has 0 aliphatic rings. The summed E-state index contributed by atoms with van der Waals surface area (Å²) in [7, 11) is 1.23. The first-order valence-corrected chi connectivity index (χ1v) is 9.27. The fourth-order valence-corrected chi connectivity index (χ4v) is 2.99. The highest BCUT2D eigenvalue weighted by atomic mass is 16.6. The molecule has 0 saturated heterocycles. The van der Waals surface area contributed by atoms with Crippen LogP contribution < -0.4 is 9.47 Å². The summed E-state index contributed by atoms with van der Waals surface area (Å²) in [6, 6.07) is 12.9. The monoisotopic (exact) mass is 438 g/mol. The van der Waals surface area contributed by atoms with Crippen LogP contribution >= 0.6 is 0 Å². The average Bonchev–Trinajstić information content (AvgIpc) is 2.72. The number of aryl methyl sites for hydroxylation is 2. The van der Waals surface area contributed by atoms with Gasteiger partial charge in [0.1, 0.15) is 23.0 Å². The molecule has 0 radical (unpaired) electrons. The normalized spacial score (nSPS) is 10.3. The second-order valence-electron chi connectivity index (χ2n) is 6.80. The number of ether oxygens (including phenoxy) is 3. The predicted molar refractivity (Wildman–Crippen MR) is 114 cm³/mol. The molecule has 3 aromatic rings. The highest BCUT2D eigenvalue weighted by Gasteiger charge is 2.16. The van der Waals surface area contributed by atoms with Crippen molar-refractivity contribution >= 4 is 17.3 Å². The fourth-order valence-electron chi connectivity index (χ4n) is 2.99. The third-order valence-electron chi connectivity index (χ3n) is 4.50. The Bertz CT molecular complexity index is 1140. The second-order valence-corrected chi connectivity index (χ2v) is 6.80. The van der Waals surface area contributed by atoms with Gasteiger partial charge < -0.3 is 14.2 Å². The van der Waals surface area contributed by atoms with Gasteiger partial charge in [-0.05, 0) is 50.2 Å². The van der Waals surface area contributed by atoms with E-state index in [-0.39, 0.29) is 28.4 Å². The van der Waals surface area contributed by atoms with Crippen LogP contribution in [0.4, 0.5) is 11.4 Å². The highest BCUT2D eigenvalue weighted by molar-refractivity contribution is 5.90. The summed E-state index contributed by atoms with van der Waals surface area (Å²) in [4.78, 5) is 33.1. The summed E-state index contributed by atoms with van der Waals surface area (Å²) in [5.74, 6) is 0.490. The first-order valence-electron chi connectivity index (χ1n) is 9.27. The number of nitro benzene ring substituents is 2. The molecule has 0 heterocycles. The number of hydrogen-bond donors (Lipinski definition) is 0. The molecule has 0 fully saturated rings. The molecular weight excluding hydrogens is 420 g/mol. The van der Waals surface area contributed by atoms with E-state index in [0.29, 0.717) is 22.6 Å². The lowest BCUT2D eigenvalue weighted by atomic mass is 10.1. The number of methoxy groups -OCH3 is 1. The SMILES string of the molecule is COC(=O)c1cc(Oc2ccc([N+](=O)[O-])c(C)c2)cc(Oc2ccc([N+](=O)[O-])c(C)c2)c1. The molecule has 3 aromatic carbocycles. The first-order chi connectivity index (χ1) is 15.2. The molecule has 0 aliphatic carbocycles. The van der Waals surface area contributed by atoms with Crippen LogP contribution in [0.3, 0.4) is 0 Å². The van der Waals surface area contributed by atoms with Gasteiger partial charge in [0.15, 0.2) is 0 Å². The van der Waals surface area contributed by atoms with E-state index in [1.54, 1.807) is 13.8 Å². The lowest BCUT2D eigenvalue weighted by Gasteiger charge is -2.12. The van der Waals surface area contributed by atoms with Crippen molar-refractivity contribution in [1.29, 1.82) is 0 Å². The van der Waals surface area contributed by atoms with Gasteiger partial charge in [-0.15, -0.1) is 0 Å². The number of esters is 1. The molecule has 0 spiro atoms. The van der Waals surface area contributed by atoms with Gasteiger partial charge in [-0.1, -0.05) is 0 Å². The van der Waals surface area contributed by atoms with E-state index in [0.717, 1.165) is 0 Å². The average molecular weight is 438 g/mol. The van der Waals surface area contributed by atoms with Gasteiger partial charge in [0.05, 0.1) is 22.5 Å². The van der Waals surface area contributed by atoms with Gasteiger partial charge in [0.2, 0.25) is 0 Å². The van der Waals surface area contributed by atoms with Gasteiger partial charge in [0, 0.05) is 29.3 Å². The van der Waals surface area contributed by atoms with Gasteiger partial charge in [-0.25, -0.2) is 4.79 Å². The lowest BCUT2D eigenvalue weighted by molar-refractivity contribution is -0.385. The van der Waals surface area contributed by atoms with Crippen LogP contribution in [-0.2, 0) is 4.74 Å². The Morgan fingerprint density at radius 2 is 1.16 bits per heavy atom. The molecule has 0 aromatic heterocycles. The van der Waals surface area contributed by atoms with Crippen molar-refractivity contribution in [1.82, 2.24) is 0 Å². The van der Waals surface area contributed by atoms with Crippen LogP contribution in [-0.4, -0.2) is 22.9 Å². The maximum Gasteiger partial charge on any atom is 0.338 e. The van der Waals surface area contributed by atoms with Crippen molar-refractivity contribution in [3.8, 4) is 23.0 Å². The Hall–Kier alpha value is -4.47. The van der Waals surface area contributed by atoms with Crippen molar-refractivity contribution in [2.24, 2.45) is 0 Å². The number of nitro groups is 2. The summed E-state index contributed by atoms with van der Waals surface area (Å²) in [6.07, 6.45) is 0. The molecule has 0 bridgehead atoms. The van der Waals surface area contributed by atoms with Crippen LogP contribution in [0.1, 0.15) is 21.5 Å². The molecule has 3 rings (SSSR count). The predicted octanol–water partition coefficient (Wildman–Crippen LogP) is 5.49. The van der Waals surface area contributed by atoms with Crippen LogP contribution in [0.25, 0.3) is 0 Å². The van der Waals surface area contributed by atoms with E-state index in [1.165, 1.54) is 61.7 Å². The Morgan fingerprint density at radius 3 is 1.50 bits per heavy atom. The minimum absolute atomic E-state index is 0.0433. The van der Waals surface area contributed by atoms with Crippen LogP contribution in [0.2, 0.25) is 0 Å². The van der Waals surface area contributed by atoms with Gasteiger partial charge >= 0.3 is 5.97 Å². The van der Waals surface area contributed by atoms with Crippen LogP contribution in [0.5, 0.6) is 23.0 Å². The number of benzene rings is 3. The van der Waals surface area contributed by atoms with Crippen LogP contribution in [0, 0.1) is 34.1 Å². The maximum atomic E-state index is 12.1. The molecule has 10 nitrogen and oxygen atoms in total. The third kappa shape index (κ3) is 4.98. The number of rotatable bonds is 7. The summed E-state index contributed by atoms with van der Waals surface area (Å²) in [5.41, 5.74) is 0.887. The smallest absolute Gasteiger partial charge is 0.338 e. The Kier molecular flexibility index (Phi) is 6.34. The zero-order chi connectivity index (χ0) is 23.4. The largest absolute Gasteiger partial charge is 0.465 e. The van der Waals surface area contributed by atoms with E-state index >= 15 is 0 Å². The lowest BCUT2D eigenvalue weighted by Crippen LogP contribution is -2.02. The van der Waals surface area contributed by atoms with E-state index < -0.39 is 15.8 Å². The van der Waals surface area contributed by atoms with Gasteiger partial charge in [-0.3, -0.25) is 20.2 Å². The van der Waals surface area contributed by atoms with E-state index in [4.69, 9.17) is 14.2 Å². The zero-order valence-electron chi connectivity index (χ0n) is 17.4. The molecule has 0 unspecified atom stereocenters. The van der Waals surface area contributed by atoms with E-state index in [9.17, 15) is 25.0 Å². The summed E-state index contributed by atoms with van der Waals surface area (Å²) in [5, 5.41) is 22.0. The topological polar surface area (TPSA) is 131 Å². The van der Waals surface area contributed by atoms with Crippen molar-refractivity contribution in [2.75, 3.05) is 7.11 Å². The van der Waals surface area contributed by atoms with Crippen molar-refractivity contribution < 1.29 is 28.9 Å². The number of carbonyl (C=O) groups excluding carboxylic acids is 1. The Labute approximate surface area is 182 Å². The highest BCUT2D eigenvalue weighted by Crippen LogP contribution is 2.33. The van der Waals surface area contributed by atoms with E-state index in [2.05, 4.69) is 0 Å². The van der Waals surface area contributed by atoms with Gasteiger partial charge in [0.25, 0.3) is 11.4 Å². The Balaban J connectivity index is 1.94. The molecule has 0 aliphatic heterocycles. The molecule has 0 saturated carbocycles. The maximum absolute atomic E-state index is 12.1. The molecular formula is C22H18N2O8. The quantitative estimate of drug-likeness (QED) is 0.269. The zero-order valence-corrected chi connectivity index (χ0v) is 17.4. The minimum Gasteiger partial charge on any atom is -0.465 e. The molecule has 0 atom stereocenters. The van der Waals surface area contributed by atoms with Gasteiger partial charge in [-0.2, -0.15) is 0 Å². The van der Waals surface area contributed by atoms with Crippen molar-refractivity contribution in [3.05, 3.63) is 91.5 Å². The van der Waals surface area contributed by atoms with Crippen molar-refractivity contribution in [3.63, 3.8) is 0 Å². The Morgan fingerprint density at radius 1 is 0.719 bits per heavy atom. The van der Waals surface area contributed by atoms with Crippen LogP contribution in [0.15, 0.2) is 54.6 Å². The fraction of sp³-hybridized carbons (Fsp3) is 0.136. The minimum atomic E-state index is -0.625. The molecule has 0 amide bonds. The first kappa shape index (κ1) is 22.2. The number of nitrogens with zero attached hydrogens (tertiary/aromatic N) is 2. The molecule has 0 N–H and O–H groups in total. The summed E-state index contributed by atoms with van der Waals surface area (Å²) < 4.78 is 16.3. The standard InChI is InChI=1S/C22H18N2O8/c1-13-8-16(4-6-20(13)23(26)27)31-18-10-15(22(25)30-3)11-19(12-18)32-17-5-7-21(24(28)29)14(2)9-17/h4-12H,1-3H3. The second kappa shape index (κ2) is 9.13. The number of carbonyl (C=O) groups is 1. The van der Waals surface area contributed by atoms with E-state index in [1.807, 2.05) is 0 Å². The molecule has 32 heavy (non-hydrogen) atoms. The van der Waals surface area contributed by atoms with Crippen molar-refractivity contribution in [2.45, 2.75) is 13.8 Å².